The standard InChI is InChI=1S/C23H28N2O3/c1-17(2)20-8-4-5-9-21(20)28-16-22(26)24-19-12-10-18(11-13-19)23(27)25-14-6-3-7-15-25/h4-5,8-13,17H,3,6-7,14-16H2,1-2H3,(H,24,26). The van der Waals surface area contributed by atoms with Crippen molar-refractivity contribution in [3.63, 3.8) is 0 Å². The number of likely N-dealkylation sites (tertiary alicyclic amines) is 1. The molecule has 5 nitrogen and oxygen atoms in total. The Balaban J connectivity index is 1.54. The van der Waals surface area contributed by atoms with Crippen LogP contribution in [0.3, 0.4) is 0 Å². The Morgan fingerprint density at radius 1 is 1.00 bits per heavy atom. The maximum Gasteiger partial charge on any atom is 0.262 e. The quantitative estimate of drug-likeness (QED) is 0.805. The zero-order valence-corrected chi connectivity index (χ0v) is 16.6. The molecular weight excluding hydrogens is 352 g/mol. The van der Waals surface area contributed by atoms with Crippen LogP contribution in [-0.2, 0) is 4.79 Å². The number of nitrogens with zero attached hydrogens (tertiary/aromatic N) is 1. The molecule has 148 valence electrons. The van der Waals surface area contributed by atoms with Gasteiger partial charge in [0.2, 0.25) is 0 Å². The summed E-state index contributed by atoms with van der Waals surface area (Å²) in [5.74, 6) is 0.888. The van der Waals surface area contributed by atoms with Crippen LogP contribution in [0.5, 0.6) is 5.75 Å². The van der Waals surface area contributed by atoms with Gasteiger partial charge in [0.25, 0.3) is 11.8 Å². The summed E-state index contributed by atoms with van der Waals surface area (Å²) in [5, 5.41) is 2.82. The molecule has 1 aliphatic rings. The minimum absolute atomic E-state index is 0.0573. The van der Waals surface area contributed by atoms with Crippen molar-refractivity contribution in [2.24, 2.45) is 0 Å². The summed E-state index contributed by atoms with van der Waals surface area (Å²) in [7, 11) is 0. The van der Waals surface area contributed by atoms with Gasteiger partial charge < -0.3 is 15.0 Å². The molecule has 1 fully saturated rings. The summed E-state index contributed by atoms with van der Waals surface area (Å²) in [6.07, 6.45) is 3.33. The van der Waals surface area contributed by atoms with E-state index in [1.165, 1.54) is 6.42 Å². The first-order valence-electron chi connectivity index (χ1n) is 9.95. The number of benzene rings is 2. The average Bonchev–Trinajstić information content (AvgIpc) is 2.73. The molecule has 0 spiro atoms. The minimum Gasteiger partial charge on any atom is -0.483 e. The largest absolute Gasteiger partial charge is 0.483 e. The maximum atomic E-state index is 12.5. The molecule has 1 heterocycles. The van der Waals surface area contributed by atoms with Gasteiger partial charge in [0.05, 0.1) is 0 Å². The van der Waals surface area contributed by atoms with Crippen molar-refractivity contribution in [2.45, 2.75) is 39.0 Å². The number of hydrogen-bond donors (Lipinski definition) is 1. The smallest absolute Gasteiger partial charge is 0.262 e. The molecule has 5 heteroatoms. The maximum absolute atomic E-state index is 12.5. The highest BCUT2D eigenvalue weighted by Crippen LogP contribution is 2.25. The fourth-order valence-electron chi connectivity index (χ4n) is 3.41. The third kappa shape index (κ3) is 5.12. The summed E-state index contributed by atoms with van der Waals surface area (Å²) in [6, 6.07) is 14.8. The molecule has 0 radical (unpaired) electrons. The van der Waals surface area contributed by atoms with E-state index >= 15 is 0 Å². The zero-order valence-electron chi connectivity index (χ0n) is 16.6. The number of carbonyl (C=O) groups excluding carboxylic acids is 2. The molecule has 1 aliphatic heterocycles. The molecule has 2 aromatic rings. The summed E-state index contributed by atoms with van der Waals surface area (Å²) < 4.78 is 5.70. The van der Waals surface area contributed by atoms with Crippen molar-refractivity contribution in [3.05, 3.63) is 59.7 Å². The number of nitrogens with one attached hydrogen (secondary N) is 1. The Labute approximate surface area is 166 Å². The predicted molar refractivity (Wildman–Crippen MR) is 111 cm³/mol. The highest BCUT2D eigenvalue weighted by Gasteiger charge is 2.18. The Morgan fingerprint density at radius 2 is 1.68 bits per heavy atom. The molecule has 2 aromatic carbocycles. The van der Waals surface area contributed by atoms with E-state index in [1.807, 2.05) is 29.2 Å². The highest BCUT2D eigenvalue weighted by molar-refractivity contribution is 5.96. The van der Waals surface area contributed by atoms with E-state index < -0.39 is 0 Å². The first kappa shape index (κ1) is 19.9. The van der Waals surface area contributed by atoms with E-state index in [1.54, 1.807) is 24.3 Å². The van der Waals surface area contributed by atoms with Gasteiger partial charge in [0.15, 0.2) is 6.61 Å². The van der Waals surface area contributed by atoms with Gasteiger partial charge in [0.1, 0.15) is 5.75 Å². The van der Waals surface area contributed by atoms with Crippen LogP contribution in [0, 0.1) is 0 Å². The number of ether oxygens (including phenoxy) is 1. The molecule has 1 N–H and O–H groups in total. The molecule has 3 rings (SSSR count). The number of carbonyl (C=O) groups is 2. The van der Waals surface area contributed by atoms with E-state index in [0.717, 1.165) is 37.2 Å². The van der Waals surface area contributed by atoms with Gasteiger partial charge in [-0.3, -0.25) is 9.59 Å². The van der Waals surface area contributed by atoms with Crippen molar-refractivity contribution < 1.29 is 14.3 Å². The van der Waals surface area contributed by atoms with Crippen LogP contribution in [-0.4, -0.2) is 36.4 Å². The van der Waals surface area contributed by atoms with Crippen LogP contribution in [0.15, 0.2) is 48.5 Å². The molecular formula is C23H28N2O3. The summed E-state index contributed by atoms with van der Waals surface area (Å²) >= 11 is 0. The topological polar surface area (TPSA) is 58.6 Å². The van der Waals surface area contributed by atoms with Crippen LogP contribution in [0.1, 0.15) is 54.9 Å². The second-order valence-electron chi connectivity index (χ2n) is 7.46. The van der Waals surface area contributed by atoms with Gasteiger partial charge in [-0.2, -0.15) is 0 Å². The fourth-order valence-corrected chi connectivity index (χ4v) is 3.41. The molecule has 0 unspecified atom stereocenters. The number of para-hydroxylation sites is 1. The van der Waals surface area contributed by atoms with E-state index in [-0.39, 0.29) is 18.4 Å². The number of rotatable bonds is 6. The number of amides is 2. The van der Waals surface area contributed by atoms with E-state index in [4.69, 9.17) is 4.74 Å². The van der Waals surface area contributed by atoms with E-state index in [2.05, 4.69) is 19.2 Å². The average molecular weight is 380 g/mol. The van der Waals surface area contributed by atoms with Crippen molar-refractivity contribution in [2.75, 3.05) is 25.0 Å². The van der Waals surface area contributed by atoms with Gasteiger partial charge in [-0.05, 0) is 61.1 Å². The lowest BCUT2D eigenvalue weighted by Crippen LogP contribution is -2.35. The minimum atomic E-state index is -0.228. The normalized spacial score (nSPS) is 14.0. The number of hydrogen-bond acceptors (Lipinski definition) is 3. The summed E-state index contributed by atoms with van der Waals surface area (Å²) in [6.45, 7) is 5.78. The monoisotopic (exact) mass is 380 g/mol. The lowest BCUT2D eigenvalue weighted by Gasteiger charge is -2.26. The molecule has 0 saturated carbocycles. The number of anilines is 1. The molecule has 2 amide bonds. The lowest BCUT2D eigenvalue weighted by atomic mass is 10.0. The van der Waals surface area contributed by atoms with Gasteiger partial charge in [-0.1, -0.05) is 32.0 Å². The van der Waals surface area contributed by atoms with E-state index in [0.29, 0.717) is 17.2 Å². The molecule has 0 aliphatic carbocycles. The van der Waals surface area contributed by atoms with Crippen molar-refractivity contribution in [1.82, 2.24) is 4.90 Å². The van der Waals surface area contributed by atoms with Crippen molar-refractivity contribution >= 4 is 17.5 Å². The van der Waals surface area contributed by atoms with Crippen LogP contribution < -0.4 is 10.1 Å². The molecule has 1 saturated heterocycles. The van der Waals surface area contributed by atoms with Crippen LogP contribution in [0.4, 0.5) is 5.69 Å². The van der Waals surface area contributed by atoms with Crippen LogP contribution in [0.25, 0.3) is 0 Å². The summed E-state index contributed by atoms with van der Waals surface area (Å²) in [4.78, 5) is 26.6. The van der Waals surface area contributed by atoms with Crippen LogP contribution in [0.2, 0.25) is 0 Å². The fraction of sp³-hybridized carbons (Fsp3) is 0.391. The van der Waals surface area contributed by atoms with Gasteiger partial charge in [-0.15, -0.1) is 0 Å². The second kappa shape index (κ2) is 9.40. The third-order valence-corrected chi connectivity index (χ3v) is 4.96. The first-order chi connectivity index (χ1) is 13.5. The molecule has 0 aromatic heterocycles. The Morgan fingerprint density at radius 3 is 2.36 bits per heavy atom. The molecule has 28 heavy (non-hydrogen) atoms. The second-order valence-corrected chi connectivity index (χ2v) is 7.46. The van der Waals surface area contributed by atoms with Crippen LogP contribution >= 0.6 is 0 Å². The third-order valence-electron chi connectivity index (χ3n) is 4.96. The van der Waals surface area contributed by atoms with Gasteiger partial charge in [-0.25, -0.2) is 0 Å². The Kier molecular flexibility index (Phi) is 6.69. The van der Waals surface area contributed by atoms with E-state index in [9.17, 15) is 9.59 Å². The predicted octanol–water partition coefficient (Wildman–Crippen LogP) is 4.45. The highest BCUT2D eigenvalue weighted by atomic mass is 16.5. The van der Waals surface area contributed by atoms with Crippen molar-refractivity contribution in [1.29, 1.82) is 0 Å². The molecule has 0 bridgehead atoms. The van der Waals surface area contributed by atoms with Crippen molar-refractivity contribution in [3.8, 4) is 5.75 Å². The van der Waals surface area contributed by atoms with Gasteiger partial charge in [0, 0.05) is 24.3 Å². The Hall–Kier alpha value is -2.82. The first-order valence-corrected chi connectivity index (χ1v) is 9.95. The molecule has 0 atom stereocenters. The number of piperidine rings is 1. The SMILES string of the molecule is CC(C)c1ccccc1OCC(=O)Nc1ccc(C(=O)N2CCCCC2)cc1. The van der Waals surface area contributed by atoms with Gasteiger partial charge >= 0.3 is 0 Å². The lowest BCUT2D eigenvalue weighted by molar-refractivity contribution is -0.118. The Bertz CT molecular complexity index is 809. The zero-order chi connectivity index (χ0) is 19.9. The summed E-state index contributed by atoms with van der Waals surface area (Å²) in [5.41, 5.74) is 2.39.